The second-order valence-corrected chi connectivity index (χ2v) is 7.67. The summed E-state index contributed by atoms with van der Waals surface area (Å²) < 4.78 is 36.5. The molecule has 20 heavy (non-hydrogen) atoms. The van der Waals surface area contributed by atoms with Gasteiger partial charge in [-0.2, -0.15) is 0 Å². The van der Waals surface area contributed by atoms with Gasteiger partial charge in [-0.15, -0.1) is 0 Å². The van der Waals surface area contributed by atoms with Crippen molar-refractivity contribution in [2.75, 3.05) is 11.0 Å². The molecule has 1 aromatic rings. The molecular weight excluding hydrogens is 280 g/mol. The van der Waals surface area contributed by atoms with E-state index in [1.54, 1.807) is 6.07 Å². The van der Waals surface area contributed by atoms with Gasteiger partial charge < -0.3 is 9.47 Å². The summed E-state index contributed by atoms with van der Waals surface area (Å²) in [7, 11) is -3.41. The average Bonchev–Trinajstić information content (AvgIpc) is 3.02. The molecule has 0 radical (unpaired) electrons. The highest BCUT2D eigenvalue weighted by Crippen LogP contribution is 2.33. The number of aromatic nitrogens is 1. The van der Waals surface area contributed by atoms with Crippen LogP contribution in [0.3, 0.4) is 0 Å². The molecular formula is C13H20N2O4S. The number of pyridine rings is 1. The van der Waals surface area contributed by atoms with Gasteiger partial charge in [-0.3, -0.25) is 4.72 Å². The first-order valence-electron chi connectivity index (χ1n) is 6.46. The van der Waals surface area contributed by atoms with E-state index >= 15 is 0 Å². The lowest BCUT2D eigenvalue weighted by atomic mass is 10.2. The van der Waals surface area contributed by atoms with Gasteiger partial charge in [0.25, 0.3) is 0 Å². The van der Waals surface area contributed by atoms with E-state index in [1.165, 1.54) is 6.20 Å². The van der Waals surface area contributed by atoms with Crippen LogP contribution in [0.2, 0.25) is 0 Å². The second kappa shape index (κ2) is 5.12. The molecule has 0 amide bonds. The number of hydrogen-bond acceptors (Lipinski definition) is 5. The minimum atomic E-state index is -3.41. The normalized spacial score (nSPS) is 15.8. The SMILES string of the molecule is CC(C)(C)Oc1cc(OC2CC2)cnc1NS(C)(=O)=O. The van der Waals surface area contributed by atoms with Crippen LogP contribution < -0.4 is 14.2 Å². The van der Waals surface area contributed by atoms with Gasteiger partial charge in [0.2, 0.25) is 10.0 Å². The first-order chi connectivity index (χ1) is 9.12. The predicted molar refractivity (Wildman–Crippen MR) is 76.7 cm³/mol. The maximum absolute atomic E-state index is 11.4. The molecule has 0 aromatic carbocycles. The zero-order chi connectivity index (χ0) is 15.0. The largest absolute Gasteiger partial charge is 0.489 e. The highest BCUT2D eigenvalue weighted by molar-refractivity contribution is 7.92. The van der Waals surface area contributed by atoms with Crippen molar-refractivity contribution in [2.24, 2.45) is 0 Å². The number of sulfonamides is 1. The molecule has 7 heteroatoms. The predicted octanol–water partition coefficient (Wildman–Crippen LogP) is 2.17. The van der Waals surface area contributed by atoms with Gasteiger partial charge >= 0.3 is 0 Å². The molecule has 0 unspecified atom stereocenters. The van der Waals surface area contributed by atoms with Gasteiger partial charge in [0.15, 0.2) is 11.6 Å². The summed E-state index contributed by atoms with van der Waals surface area (Å²) in [6.45, 7) is 5.64. The van der Waals surface area contributed by atoms with Crippen LogP contribution in [0.1, 0.15) is 33.6 Å². The van der Waals surface area contributed by atoms with Gasteiger partial charge in [0, 0.05) is 6.07 Å². The topological polar surface area (TPSA) is 77.5 Å². The number of hydrogen-bond donors (Lipinski definition) is 1. The second-order valence-electron chi connectivity index (χ2n) is 5.92. The minimum absolute atomic E-state index is 0.172. The zero-order valence-corrected chi connectivity index (χ0v) is 13.0. The molecule has 1 N–H and O–H groups in total. The molecule has 0 spiro atoms. The van der Waals surface area contributed by atoms with Crippen molar-refractivity contribution in [3.63, 3.8) is 0 Å². The number of nitrogens with zero attached hydrogens (tertiary/aromatic N) is 1. The van der Waals surface area contributed by atoms with Crippen molar-refractivity contribution in [2.45, 2.75) is 45.3 Å². The van der Waals surface area contributed by atoms with Gasteiger partial charge in [-0.05, 0) is 33.6 Å². The molecule has 2 rings (SSSR count). The molecule has 1 heterocycles. The molecule has 1 saturated carbocycles. The lowest BCUT2D eigenvalue weighted by molar-refractivity contribution is 0.131. The molecule has 0 aliphatic heterocycles. The quantitative estimate of drug-likeness (QED) is 0.901. The summed E-state index contributed by atoms with van der Waals surface area (Å²) in [5.41, 5.74) is -0.464. The third-order valence-electron chi connectivity index (χ3n) is 2.35. The lowest BCUT2D eigenvalue weighted by Crippen LogP contribution is -2.24. The van der Waals surface area contributed by atoms with Crippen LogP contribution in [0.25, 0.3) is 0 Å². The van der Waals surface area contributed by atoms with Crippen LogP contribution in [0, 0.1) is 0 Å². The Morgan fingerprint density at radius 1 is 1.35 bits per heavy atom. The smallest absolute Gasteiger partial charge is 0.231 e. The molecule has 0 atom stereocenters. The summed E-state index contributed by atoms with van der Waals surface area (Å²) in [6, 6.07) is 1.67. The Morgan fingerprint density at radius 3 is 2.50 bits per heavy atom. The van der Waals surface area contributed by atoms with E-state index in [0.717, 1.165) is 19.1 Å². The molecule has 1 aliphatic carbocycles. The summed E-state index contributed by atoms with van der Waals surface area (Å²) in [5, 5.41) is 0. The first-order valence-corrected chi connectivity index (χ1v) is 8.35. The molecule has 1 fully saturated rings. The third-order valence-corrected chi connectivity index (χ3v) is 2.92. The Bertz CT molecular complexity index is 589. The van der Waals surface area contributed by atoms with Crippen molar-refractivity contribution in [3.8, 4) is 11.5 Å². The summed E-state index contributed by atoms with van der Waals surface area (Å²) >= 11 is 0. The van der Waals surface area contributed by atoms with E-state index in [-0.39, 0.29) is 11.9 Å². The summed E-state index contributed by atoms with van der Waals surface area (Å²) in [6.07, 6.45) is 4.90. The standard InChI is InChI=1S/C13H20N2O4S/c1-13(2,3)19-11-7-10(18-9-5-6-9)8-14-12(11)15-20(4,16)17/h7-9H,5-6H2,1-4H3,(H,14,15). The highest BCUT2D eigenvalue weighted by Gasteiger charge is 2.25. The van der Waals surface area contributed by atoms with Crippen molar-refractivity contribution >= 4 is 15.8 Å². The zero-order valence-electron chi connectivity index (χ0n) is 12.1. The number of rotatable bonds is 5. The van der Waals surface area contributed by atoms with Gasteiger partial charge in [0.1, 0.15) is 11.4 Å². The van der Waals surface area contributed by atoms with E-state index in [2.05, 4.69) is 9.71 Å². The van der Waals surface area contributed by atoms with Crippen LogP contribution in [-0.2, 0) is 10.0 Å². The fraction of sp³-hybridized carbons (Fsp3) is 0.615. The molecule has 0 bridgehead atoms. The summed E-state index contributed by atoms with van der Waals surface area (Å²) in [5.74, 6) is 1.12. The van der Waals surface area contributed by atoms with Crippen molar-refractivity contribution in [3.05, 3.63) is 12.3 Å². The van der Waals surface area contributed by atoms with E-state index in [4.69, 9.17) is 9.47 Å². The van der Waals surface area contributed by atoms with Crippen LogP contribution in [0.4, 0.5) is 5.82 Å². The molecule has 6 nitrogen and oxygen atoms in total. The monoisotopic (exact) mass is 300 g/mol. The Balaban J connectivity index is 2.28. The lowest BCUT2D eigenvalue weighted by Gasteiger charge is -2.23. The van der Waals surface area contributed by atoms with Gasteiger partial charge in [0.05, 0.1) is 18.6 Å². The minimum Gasteiger partial charge on any atom is -0.489 e. The van der Waals surface area contributed by atoms with E-state index in [0.29, 0.717) is 11.5 Å². The fourth-order valence-electron chi connectivity index (χ4n) is 1.53. The number of nitrogens with one attached hydrogen (secondary N) is 1. The third kappa shape index (κ3) is 4.88. The maximum atomic E-state index is 11.4. The Labute approximate surface area is 119 Å². The number of anilines is 1. The van der Waals surface area contributed by atoms with Crippen molar-refractivity contribution in [1.29, 1.82) is 0 Å². The maximum Gasteiger partial charge on any atom is 0.231 e. The van der Waals surface area contributed by atoms with Gasteiger partial charge in [-0.1, -0.05) is 0 Å². The molecule has 1 aromatic heterocycles. The van der Waals surface area contributed by atoms with Crippen LogP contribution in [0.5, 0.6) is 11.5 Å². The molecule has 1 aliphatic rings. The van der Waals surface area contributed by atoms with E-state index in [1.807, 2.05) is 20.8 Å². The fourth-order valence-corrected chi connectivity index (χ4v) is 2.03. The van der Waals surface area contributed by atoms with Crippen LogP contribution in [0.15, 0.2) is 12.3 Å². The van der Waals surface area contributed by atoms with Crippen molar-refractivity contribution in [1.82, 2.24) is 4.98 Å². The molecule has 112 valence electrons. The Morgan fingerprint density at radius 2 is 2.00 bits per heavy atom. The van der Waals surface area contributed by atoms with Crippen molar-refractivity contribution < 1.29 is 17.9 Å². The Kier molecular flexibility index (Phi) is 3.82. The van der Waals surface area contributed by atoms with Gasteiger partial charge in [-0.25, -0.2) is 13.4 Å². The van der Waals surface area contributed by atoms with Crippen LogP contribution in [-0.4, -0.2) is 31.4 Å². The first kappa shape index (κ1) is 14.9. The van der Waals surface area contributed by atoms with E-state index < -0.39 is 15.6 Å². The Hall–Kier alpha value is -1.50. The average molecular weight is 300 g/mol. The number of ether oxygens (including phenoxy) is 2. The molecule has 0 saturated heterocycles. The van der Waals surface area contributed by atoms with Crippen LogP contribution >= 0.6 is 0 Å². The highest BCUT2D eigenvalue weighted by atomic mass is 32.2. The summed E-state index contributed by atoms with van der Waals surface area (Å²) in [4.78, 5) is 4.09. The van der Waals surface area contributed by atoms with E-state index in [9.17, 15) is 8.42 Å².